The highest BCUT2D eigenvalue weighted by molar-refractivity contribution is 14.0. The van der Waals surface area contributed by atoms with Crippen LogP contribution in [0.3, 0.4) is 0 Å². The van der Waals surface area contributed by atoms with Gasteiger partial charge in [-0.2, -0.15) is 0 Å². The molecular weight excluding hydrogens is 441 g/mol. The number of rotatable bonds is 8. The van der Waals surface area contributed by atoms with Crippen molar-refractivity contribution in [2.24, 2.45) is 4.99 Å². The van der Waals surface area contributed by atoms with E-state index < -0.39 is 0 Å². The van der Waals surface area contributed by atoms with Crippen molar-refractivity contribution < 1.29 is 4.52 Å². The molecule has 0 aliphatic carbocycles. The first-order valence-corrected chi connectivity index (χ1v) is 8.76. The fraction of sp³-hybridized carbons (Fsp3) is 0.474. The molecule has 1 heterocycles. The van der Waals surface area contributed by atoms with E-state index in [-0.39, 0.29) is 24.0 Å². The van der Waals surface area contributed by atoms with Gasteiger partial charge >= 0.3 is 0 Å². The Kier molecular flexibility index (Phi) is 10.1. The number of nitrogens with one attached hydrogen (secondary N) is 2. The lowest BCUT2D eigenvalue weighted by atomic mass is 10.1. The number of nitrogens with zero attached hydrogens (tertiary/aromatic N) is 3. The maximum absolute atomic E-state index is 5.32. The lowest BCUT2D eigenvalue weighted by Gasteiger charge is -2.19. The minimum Gasteiger partial charge on any atom is -0.375 e. The molecule has 0 atom stereocenters. The number of hydrogen-bond donors (Lipinski definition) is 2. The fourth-order valence-corrected chi connectivity index (χ4v) is 2.41. The zero-order valence-corrected chi connectivity index (χ0v) is 18.4. The zero-order valence-electron chi connectivity index (χ0n) is 16.0. The van der Waals surface area contributed by atoms with E-state index in [1.807, 2.05) is 12.1 Å². The molecule has 0 aliphatic rings. The Labute approximate surface area is 173 Å². The van der Waals surface area contributed by atoms with Gasteiger partial charge in [0.25, 0.3) is 0 Å². The average molecular weight is 471 g/mol. The second kappa shape index (κ2) is 11.8. The van der Waals surface area contributed by atoms with Crippen LogP contribution in [0.1, 0.15) is 37.6 Å². The van der Waals surface area contributed by atoms with Gasteiger partial charge in [-0.1, -0.05) is 37.2 Å². The Morgan fingerprint density at radius 2 is 1.96 bits per heavy atom. The Morgan fingerprint density at radius 1 is 1.23 bits per heavy atom. The molecule has 2 N–H and O–H groups in total. The molecule has 0 amide bonds. The van der Waals surface area contributed by atoms with Gasteiger partial charge in [0.1, 0.15) is 0 Å². The number of para-hydroxylation sites is 1. The summed E-state index contributed by atoms with van der Waals surface area (Å²) in [6, 6.07) is 12.4. The van der Waals surface area contributed by atoms with Crippen LogP contribution in [-0.2, 0) is 6.54 Å². The van der Waals surface area contributed by atoms with Crippen LogP contribution in [0.25, 0.3) is 0 Å². The van der Waals surface area contributed by atoms with E-state index in [1.165, 1.54) is 5.69 Å². The van der Waals surface area contributed by atoms with Gasteiger partial charge in [0.15, 0.2) is 11.7 Å². The van der Waals surface area contributed by atoms with E-state index in [1.54, 1.807) is 7.05 Å². The van der Waals surface area contributed by atoms with Gasteiger partial charge in [0.2, 0.25) is 0 Å². The van der Waals surface area contributed by atoms with Gasteiger partial charge in [-0.05, 0) is 24.5 Å². The summed E-state index contributed by atoms with van der Waals surface area (Å²) in [7, 11) is 3.88. The first kappa shape index (κ1) is 22.3. The third-order valence-electron chi connectivity index (χ3n) is 3.98. The number of guanidine groups is 1. The van der Waals surface area contributed by atoms with E-state index in [2.05, 4.69) is 70.8 Å². The highest BCUT2D eigenvalue weighted by Crippen LogP contribution is 2.13. The van der Waals surface area contributed by atoms with Gasteiger partial charge < -0.3 is 20.1 Å². The van der Waals surface area contributed by atoms with Crippen LogP contribution >= 0.6 is 24.0 Å². The Morgan fingerprint density at radius 3 is 2.58 bits per heavy atom. The Balaban J connectivity index is 0.00000338. The van der Waals surface area contributed by atoms with Crippen molar-refractivity contribution in [2.45, 2.75) is 32.7 Å². The minimum absolute atomic E-state index is 0. The molecule has 0 bridgehead atoms. The Hall–Kier alpha value is -1.77. The van der Waals surface area contributed by atoms with Crippen LogP contribution in [0.15, 0.2) is 45.9 Å². The molecule has 0 aliphatic heterocycles. The van der Waals surface area contributed by atoms with Crippen molar-refractivity contribution in [3.8, 4) is 0 Å². The lowest BCUT2D eigenvalue weighted by Crippen LogP contribution is -2.38. The summed E-state index contributed by atoms with van der Waals surface area (Å²) < 4.78 is 5.32. The van der Waals surface area contributed by atoms with Crippen LogP contribution in [0, 0.1) is 0 Å². The van der Waals surface area contributed by atoms with E-state index in [9.17, 15) is 0 Å². The van der Waals surface area contributed by atoms with E-state index in [0.29, 0.717) is 12.5 Å². The standard InChI is InChI=1S/C19H29N5O.HI/c1-15(2)18-13-17(25-23-18)14-22-19(20-3)21-11-8-12-24(4)16-9-6-5-7-10-16;/h5-7,9-10,13,15H,8,11-12,14H2,1-4H3,(H2,20,21,22);1H. The number of halogens is 1. The molecule has 0 radical (unpaired) electrons. The van der Waals surface area contributed by atoms with Crippen LogP contribution in [0.2, 0.25) is 0 Å². The minimum atomic E-state index is 0. The molecule has 2 rings (SSSR count). The van der Waals surface area contributed by atoms with Crippen LogP contribution in [0.4, 0.5) is 5.69 Å². The molecule has 26 heavy (non-hydrogen) atoms. The second-order valence-corrected chi connectivity index (χ2v) is 6.34. The van der Waals surface area contributed by atoms with Crippen LogP contribution in [-0.4, -0.2) is 38.3 Å². The first-order valence-electron chi connectivity index (χ1n) is 8.76. The molecule has 0 saturated carbocycles. The normalized spacial score (nSPS) is 11.2. The predicted molar refractivity (Wildman–Crippen MR) is 119 cm³/mol. The van der Waals surface area contributed by atoms with E-state index >= 15 is 0 Å². The SMILES string of the molecule is CN=C(NCCCN(C)c1ccccc1)NCc1cc(C(C)C)no1.I. The molecule has 2 aromatic rings. The number of aromatic nitrogens is 1. The van der Waals surface area contributed by atoms with Crippen molar-refractivity contribution in [2.75, 3.05) is 32.1 Å². The van der Waals surface area contributed by atoms with Gasteiger partial charge in [-0.25, -0.2) is 0 Å². The zero-order chi connectivity index (χ0) is 18.1. The first-order chi connectivity index (χ1) is 12.1. The molecule has 6 nitrogen and oxygen atoms in total. The number of anilines is 1. The summed E-state index contributed by atoms with van der Waals surface area (Å²) >= 11 is 0. The average Bonchev–Trinajstić information content (AvgIpc) is 3.11. The summed E-state index contributed by atoms with van der Waals surface area (Å²) in [6.07, 6.45) is 1.02. The highest BCUT2D eigenvalue weighted by atomic mass is 127. The Bertz CT molecular complexity index is 657. The van der Waals surface area contributed by atoms with Gasteiger partial charge in [0, 0.05) is 38.9 Å². The van der Waals surface area contributed by atoms with Crippen LogP contribution in [0.5, 0.6) is 0 Å². The molecule has 144 valence electrons. The molecule has 0 saturated heterocycles. The predicted octanol–water partition coefficient (Wildman–Crippen LogP) is 3.61. The van der Waals surface area contributed by atoms with Crippen molar-refractivity contribution >= 4 is 35.6 Å². The highest BCUT2D eigenvalue weighted by Gasteiger charge is 2.08. The van der Waals surface area contributed by atoms with Gasteiger partial charge in [-0.3, -0.25) is 4.99 Å². The van der Waals surface area contributed by atoms with Crippen LogP contribution < -0.4 is 15.5 Å². The molecule has 0 spiro atoms. The second-order valence-electron chi connectivity index (χ2n) is 6.34. The lowest BCUT2D eigenvalue weighted by molar-refractivity contribution is 0.372. The number of aliphatic imine (C=N–C) groups is 1. The largest absolute Gasteiger partial charge is 0.375 e. The third kappa shape index (κ3) is 7.23. The van der Waals surface area contributed by atoms with Crippen molar-refractivity contribution in [1.82, 2.24) is 15.8 Å². The third-order valence-corrected chi connectivity index (χ3v) is 3.98. The summed E-state index contributed by atoms with van der Waals surface area (Å²) in [5.41, 5.74) is 2.21. The summed E-state index contributed by atoms with van der Waals surface area (Å²) in [4.78, 5) is 6.49. The van der Waals surface area contributed by atoms with Crippen molar-refractivity contribution in [3.05, 3.63) is 47.9 Å². The molecule has 0 unspecified atom stereocenters. The summed E-state index contributed by atoms with van der Waals surface area (Å²) in [5, 5.41) is 10.6. The topological polar surface area (TPSA) is 65.7 Å². The molecular formula is C19H30IN5O. The number of hydrogen-bond acceptors (Lipinski definition) is 4. The number of benzene rings is 1. The molecule has 7 heteroatoms. The fourth-order valence-electron chi connectivity index (χ4n) is 2.41. The van der Waals surface area contributed by atoms with Crippen molar-refractivity contribution in [1.29, 1.82) is 0 Å². The summed E-state index contributed by atoms with van der Waals surface area (Å²) in [6.45, 7) is 6.60. The smallest absolute Gasteiger partial charge is 0.191 e. The van der Waals surface area contributed by atoms with Crippen molar-refractivity contribution in [3.63, 3.8) is 0 Å². The van der Waals surface area contributed by atoms with E-state index in [0.717, 1.165) is 36.9 Å². The summed E-state index contributed by atoms with van der Waals surface area (Å²) in [5.74, 6) is 1.96. The monoisotopic (exact) mass is 471 g/mol. The quantitative estimate of drug-likeness (QED) is 0.267. The van der Waals surface area contributed by atoms with Gasteiger partial charge in [-0.15, -0.1) is 24.0 Å². The molecule has 0 fully saturated rings. The maximum atomic E-state index is 5.32. The van der Waals surface area contributed by atoms with Gasteiger partial charge in [0.05, 0.1) is 12.2 Å². The van der Waals surface area contributed by atoms with E-state index in [4.69, 9.17) is 4.52 Å². The maximum Gasteiger partial charge on any atom is 0.191 e. The molecule has 1 aromatic heterocycles. The molecule has 1 aromatic carbocycles.